The number of aromatic nitrogens is 4. The Balaban J connectivity index is 1.97. The Morgan fingerprint density at radius 1 is 1.19 bits per heavy atom. The normalized spacial score (nSPS) is 11.2. The van der Waals surface area contributed by atoms with Crippen LogP contribution in [-0.2, 0) is 0 Å². The Hall–Kier alpha value is -4.08. The molecule has 4 aromatic rings. The van der Waals surface area contributed by atoms with Gasteiger partial charge < -0.3 is 16.8 Å². The van der Waals surface area contributed by atoms with E-state index >= 15 is 0 Å². The summed E-state index contributed by atoms with van der Waals surface area (Å²) in [5, 5.41) is 10.4. The van der Waals surface area contributed by atoms with E-state index in [-0.39, 0.29) is 17.2 Å². The molecule has 0 spiro atoms. The highest BCUT2D eigenvalue weighted by Gasteiger charge is 2.22. The smallest absolute Gasteiger partial charge is 0.269 e. The van der Waals surface area contributed by atoms with Crippen molar-refractivity contribution in [3.8, 4) is 22.6 Å². The van der Waals surface area contributed by atoms with Crippen molar-refractivity contribution in [2.45, 2.75) is 13.3 Å². The molecule has 4 rings (SSSR count). The molecule has 8 nitrogen and oxygen atoms in total. The molecule has 0 saturated carbocycles. The van der Waals surface area contributed by atoms with Crippen LogP contribution in [0.5, 0.6) is 0 Å². The fourth-order valence-corrected chi connectivity index (χ4v) is 3.43. The molecule has 0 aliphatic heterocycles. The average Bonchev–Trinajstić information content (AvgIpc) is 3.21. The van der Waals surface area contributed by atoms with E-state index in [9.17, 15) is 13.6 Å². The van der Waals surface area contributed by atoms with Crippen molar-refractivity contribution in [3.05, 3.63) is 53.9 Å². The molecule has 10 heteroatoms. The van der Waals surface area contributed by atoms with E-state index in [1.54, 1.807) is 30.5 Å². The predicted molar refractivity (Wildman–Crippen MR) is 115 cm³/mol. The van der Waals surface area contributed by atoms with E-state index < -0.39 is 18.9 Å². The summed E-state index contributed by atoms with van der Waals surface area (Å²) in [4.78, 5) is 21.0. The molecule has 0 unspecified atom stereocenters. The number of nitrogen functional groups attached to an aromatic ring is 1. The van der Waals surface area contributed by atoms with E-state index in [0.29, 0.717) is 22.5 Å². The average molecular weight is 423 g/mol. The number of alkyl halides is 2. The lowest BCUT2D eigenvalue weighted by molar-refractivity contribution is 0.0996. The SMILES string of the molecule is Cc1ccc2[nH]ncc2c1-c1nc(-c2ccccc2NCC(F)F)nc(C(N)=O)c1N. The van der Waals surface area contributed by atoms with Crippen LogP contribution in [0.15, 0.2) is 42.6 Å². The van der Waals surface area contributed by atoms with Crippen LogP contribution >= 0.6 is 0 Å². The molecule has 158 valence electrons. The fourth-order valence-electron chi connectivity index (χ4n) is 3.43. The maximum atomic E-state index is 12.7. The van der Waals surface area contributed by atoms with Crippen LogP contribution in [0.1, 0.15) is 16.1 Å². The summed E-state index contributed by atoms with van der Waals surface area (Å²) in [6.45, 7) is 1.33. The number of nitrogens with zero attached hydrogens (tertiary/aromatic N) is 3. The zero-order valence-corrected chi connectivity index (χ0v) is 16.5. The van der Waals surface area contributed by atoms with E-state index in [1.165, 1.54) is 0 Å². The van der Waals surface area contributed by atoms with Crippen LogP contribution < -0.4 is 16.8 Å². The number of aromatic amines is 1. The number of fused-ring (bicyclic) bond motifs is 1. The van der Waals surface area contributed by atoms with Gasteiger partial charge in [0.1, 0.15) is 0 Å². The van der Waals surface area contributed by atoms with Gasteiger partial charge in [-0.25, -0.2) is 18.7 Å². The number of nitrogens with two attached hydrogens (primary N) is 2. The summed E-state index contributed by atoms with van der Waals surface area (Å²) >= 11 is 0. The molecular formula is C21H19F2N7O. The number of H-pyrrole nitrogens is 1. The van der Waals surface area contributed by atoms with Gasteiger partial charge in [0.25, 0.3) is 12.3 Å². The first-order valence-corrected chi connectivity index (χ1v) is 9.38. The number of carbonyl (C=O) groups is 1. The minimum Gasteiger partial charge on any atom is -0.395 e. The highest BCUT2D eigenvalue weighted by molar-refractivity contribution is 6.04. The zero-order valence-electron chi connectivity index (χ0n) is 16.5. The zero-order chi connectivity index (χ0) is 22.1. The molecule has 2 aromatic heterocycles. The number of primary amides is 1. The van der Waals surface area contributed by atoms with Gasteiger partial charge in [-0.1, -0.05) is 18.2 Å². The molecule has 0 aliphatic rings. The number of anilines is 2. The highest BCUT2D eigenvalue weighted by atomic mass is 19.3. The third kappa shape index (κ3) is 3.75. The third-order valence-electron chi connectivity index (χ3n) is 4.86. The Bertz CT molecular complexity index is 1290. The molecule has 0 bridgehead atoms. The van der Waals surface area contributed by atoms with Gasteiger partial charge in [0.15, 0.2) is 11.5 Å². The van der Waals surface area contributed by atoms with Crippen molar-refractivity contribution < 1.29 is 13.6 Å². The number of halogens is 2. The predicted octanol–water partition coefficient (Wildman–Crippen LogP) is 3.35. The summed E-state index contributed by atoms with van der Waals surface area (Å²) in [7, 11) is 0. The molecule has 0 saturated heterocycles. The second kappa shape index (κ2) is 7.98. The number of para-hydroxylation sites is 1. The molecule has 2 heterocycles. The second-order valence-corrected chi connectivity index (χ2v) is 6.93. The van der Waals surface area contributed by atoms with Gasteiger partial charge in [0.2, 0.25) is 0 Å². The van der Waals surface area contributed by atoms with Crippen molar-refractivity contribution in [1.29, 1.82) is 0 Å². The maximum Gasteiger partial charge on any atom is 0.269 e. The molecule has 6 N–H and O–H groups in total. The summed E-state index contributed by atoms with van der Waals surface area (Å²) in [5.74, 6) is -0.687. The maximum absolute atomic E-state index is 12.7. The minimum absolute atomic E-state index is 0.0334. The van der Waals surface area contributed by atoms with Gasteiger partial charge in [0, 0.05) is 22.2 Å². The molecule has 2 aromatic carbocycles. The molecule has 0 atom stereocenters. The van der Waals surface area contributed by atoms with Crippen LogP contribution in [0, 0.1) is 6.92 Å². The van der Waals surface area contributed by atoms with Gasteiger partial charge in [-0.05, 0) is 30.7 Å². The first-order valence-electron chi connectivity index (χ1n) is 9.38. The minimum atomic E-state index is -2.54. The van der Waals surface area contributed by atoms with Crippen LogP contribution in [0.3, 0.4) is 0 Å². The monoisotopic (exact) mass is 423 g/mol. The van der Waals surface area contributed by atoms with Gasteiger partial charge >= 0.3 is 0 Å². The van der Waals surface area contributed by atoms with E-state index in [4.69, 9.17) is 11.5 Å². The summed E-state index contributed by atoms with van der Waals surface area (Å²) < 4.78 is 25.5. The first-order chi connectivity index (χ1) is 14.9. The van der Waals surface area contributed by atoms with Gasteiger partial charge in [-0.2, -0.15) is 5.10 Å². The number of aryl methyl sites for hydroxylation is 1. The quantitative estimate of drug-likeness (QED) is 0.376. The van der Waals surface area contributed by atoms with Crippen LogP contribution in [0.2, 0.25) is 0 Å². The van der Waals surface area contributed by atoms with Crippen LogP contribution in [0.4, 0.5) is 20.2 Å². The molecule has 0 aliphatic carbocycles. The topological polar surface area (TPSA) is 136 Å². The number of hydrogen-bond donors (Lipinski definition) is 4. The number of amides is 1. The van der Waals surface area contributed by atoms with E-state index in [1.807, 2.05) is 19.1 Å². The molecule has 0 radical (unpaired) electrons. The molecule has 0 fully saturated rings. The number of rotatable bonds is 6. The van der Waals surface area contributed by atoms with E-state index in [0.717, 1.165) is 16.5 Å². The number of benzene rings is 2. The summed E-state index contributed by atoms with van der Waals surface area (Å²) in [5.41, 5.74) is 15.1. The van der Waals surface area contributed by atoms with Crippen molar-refractivity contribution in [1.82, 2.24) is 20.2 Å². The largest absolute Gasteiger partial charge is 0.395 e. The van der Waals surface area contributed by atoms with E-state index in [2.05, 4.69) is 25.5 Å². The van der Waals surface area contributed by atoms with Crippen LogP contribution in [0.25, 0.3) is 33.5 Å². The van der Waals surface area contributed by atoms with Crippen LogP contribution in [-0.4, -0.2) is 39.0 Å². The lowest BCUT2D eigenvalue weighted by Gasteiger charge is -2.16. The lowest BCUT2D eigenvalue weighted by Crippen LogP contribution is -2.18. The standard InChI is InChI=1S/C21H19F2N7O/c1-10-6-7-14-12(8-27-30-14)16(10)18-17(24)19(20(25)31)29-21(28-18)11-4-2-3-5-13(11)26-9-15(22)23/h2-8,15,26H,9,24H2,1H3,(H2,25,31)(H,27,30). The van der Waals surface area contributed by atoms with Crippen molar-refractivity contribution in [2.24, 2.45) is 5.73 Å². The van der Waals surface area contributed by atoms with Crippen molar-refractivity contribution >= 4 is 28.2 Å². The highest BCUT2D eigenvalue weighted by Crippen LogP contribution is 2.36. The number of carbonyl (C=O) groups excluding carboxylic acids is 1. The van der Waals surface area contributed by atoms with Gasteiger partial charge in [-0.15, -0.1) is 0 Å². The Morgan fingerprint density at radius 2 is 1.97 bits per heavy atom. The Labute approximate surface area is 175 Å². The van der Waals surface area contributed by atoms with Gasteiger partial charge in [0.05, 0.1) is 29.6 Å². The first kappa shape index (κ1) is 20.2. The molecule has 1 amide bonds. The third-order valence-corrected chi connectivity index (χ3v) is 4.86. The summed E-state index contributed by atoms with van der Waals surface area (Å²) in [6.07, 6.45) is -0.903. The number of hydrogen-bond acceptors (Lipinski definition) is 6. The second-order valence-electron chi connectivity index (χ2n) is 6.93. The Morgan fingerprint density at radius 3 is 2.71 bits per heavy atom. The fraction of sp³-hybridized carbons (Fsp3) is 0.143. The summed E-state index contributed by atoms with van der Waals surface area (Å²) in [6, 6.07) is 10.5. The van der Waals surface area contributed by atoms with Crippen molar-refractivity contribution in [2.75, 3.05) is 17.6 Å². The Kier molecular flexibility index (Phi) is 5.20. The van der Waals surface area contributed by atoms with Crippen molar-refractivity contribution in [3.63, 3.8) is 0 Å². The van der Waals surface area contributed by atoms with Gasteiger partial charge in [-0.3, -0.25) is 9.89 Å². The molecular weight excluding hydrogens is 404 g/mol. The number of nitrogens with one attached hydrogen (secondary N) is 2. The lowest BCUT2D eigenvalue weighted by atomic mass is 9.99. The molecule has 31 heavy (non-hydrogen) atoms.